The maximum atomic E-state index is 11.4. The number of benzene rings is 1. The topological polar surface area (TPSA) is 37.3 Å². The summed E-state index contributed by atoms with van der Waals surface area (Å²) in [6.07, 6.45) is 0. The second kappa shape index (κ2) is 4.28. The lowest BCUT2D eigenvalue weighted by Gasteiger charge is -2.04. The van der Waals surface area contributed by atoms with E-state index < -0.39 is 5.38 Å². The molecule has 2 nitrogen and oxygen atoms in total. The maximum Gasteiger partial charge on any atom is 0.184 e. The van der Waals surface area contributed by atoms with Crippen molar-refractivity contribution in [1.29, 1.82) is 0 Å². The Morgan fingerprint density at radius 3 is 2.69 bits per heavy atom. The zero-order valence-corrected chi connectivity index (χ0v) is 9.83. The van der Waals surface area contributed by atoms with Crippen LogP contribution < -0.4 is 0 Å². The van der Waals surface area contributed by atoms with Crippen LogP contribution in [0.15, 0.2) is 18.2 Å². The minimum atomic E-state index is -0.606. The van der Waals surface area contributed by atoms with E-state index in [1.165, 1.54) is 6.07 Å². The SMILES string of the molecule is CC(Cl)C(=O)c1ccc(I)cc1O. The molecule has 0 aliphatic heterocycles. The van der Waals surface area contributed by atoms with Crippen molar-refractivity contribution >= 4 is 40.0 Å². The van der Waals surface area contributed by atoms with Gasteiger partial charge in [0.05, 0.1) is 10.9 Å². The van der Waals surface area contributed by atoms with Gasteiger partial charge in [-0.25, -0.2) is 0 Å². The lowest BCUT2D eigenvalue weighted by Crippen LogP contribution is -2.10. The Morgan fingerprint density at radius 1 is 1.62 bits per heavy atom. The molecule has 0 fully saturated rings. The highest BCUT2D eigenvalue weighted by molar-refractivity contribution is 14.1. The van der Waals surface area contributed by atoms with Crippen molar-refractivity contribution in [2.75, 3.05) is 0 Å². The molecule has 0 radical (unpaired) electrons. The van der Waals surface area contributed by atoms with Crippen LogP contribution in [0, 0.1) is 3.57 Å². The van der Waals surface area contributed by atoms with Crippen LogP contribution >= 0.6 is 34.2 Å². The Hall–Kier alpha value is -0.290. The lowest BCUT2D eigenvalue weighted by molar-refractivity contribution is 0.0989. The van der Waals surface area contributed by atoms with Crippen molar-refractivity contribution in [3.8, 4) is 5.75 Å². The maximum absolute atomic E-state index is 11.4. The van der Waals surface area contributed by atoms with Gasteiger partial charge in [0.1, 0.15) is 5.75 Å². The van der Waals surface area contributed by atoms with Crippen LogP contribution in [0.5, 0.6) is 5.75 Å². The Morgan fingerprint density at radius 2 is 2.23 bits per heavy atom. The number of phenols is 1. The third-order valence-electron chi connectivity index (χ3n) is 1.59. The van der Waals surface area contributed by atoms with Crippen LogP contribution in [-0.2, 0) is 0 Å². The number of carbonyl (C=O) groups is 1. The number of halogens is 2. The Kier molecular flexibility index (Phi) is 3.55. The molecule has 0 aromatic heterocycles. The third-order valence-corrected chi connectivity index (χ3v) is 2.46. The quantitative estimate of drug-likeness (QED) is 0.518. The summed E-state index contributed by atoms with van der Waals surface area (Å²) in [6, 6.07) is 4.87. The Labute approximate surface area is 95.0 Å². The second-order valence-electron chi connectivity index (χ2n) is 2.64. The summed E-state index contributed by atoms with van der Waals surface area (Å²) < 4.78 is 0.883. The highest BCUT2D eigenvalue weighted by Gasteiger charge is 2.15. The fourth-order valence-corrected chi connectivity index (χ4v) is 1.52. The van der Waals surface area contributed by atoms with E-state index in [0.29, 0.717) is 0 Å². The third kappa shape index (κ3) is 2.57. The van der Waals surface area contributed by atoms with Crippen molar-refractivity contribution in [1.82, 2.24) is 0 Å². The summed E-state index contributed by atoms with van der Waals surface area (Å²) in [6.45, 7) is 1.58. The molecule has 0 heterocycles. The zero-order valence-electron chi connectivity index (χ0n) is 6.92. The molecule has 0 aliphatic carbocycles. The molecule has 0 aliphatic rings. The van der Waals surface area contributed by atoms with E-state index in [9.17, 15) is 9.90 Å². The first kappa shape index (κ1) is 10.8. The molecule has 1 N–H and O–H groups in total. The first-order valence-electron chi connectivity index (χ1n) is 3.69. The molecule has 1 aromatic carbocycles. The number of carbonyl (C=O) groups excluding carboxylic acids is 1. The predicted molar refractivity (Wildman–Crippen MR) is 60.5 cm³/mol. The molecule has 0 bridgehead atoms. The molecule has 13 heavy (non-hydrogen) atoms. The number of Topliss-reactive ketones (excluding diaryl/α,β-unsaturated/α-hetero) is 1. The van der Waals surface area contributed by atoms with Gasteiger partial charge in [0.15, 0.2) is 5.78 Å². The number of hydrogen-bond acceptors (Lipinski definition) is 2. The van der Waals surface area contributed by atoms with Gasteiger partial charge in [0.25, 0.3) is 0 Å². The van der Waals surface area contributed by atoms with Gasteiger partial charge in [0.2, 0.25) is 0 Å². The summed E-state index contributed by atoms with van der Waals surface area (Å²) in [7, 11) is 0. The monoisotopic (exact) mass is 310 g/mol. The van der Waals surface area contributed by atoms with Crippen LogP contribution in [0.1, 0.15) is 17.3 Å². The summed E-state index contributed by atoms with van der Waals surface area (Å²) in [5.41, 5.74) is 0.280. The van der Waals surface area contributed by atoms with Crippen molar-refractivity contribution in [2.45, 2.75) is 12.3 Å². The van der Waals surface area contributed by atoms with E-state index in [4.69, 9.17) is 11.6 Å². The number of phenolic OH excluding ortho intramolecular Hbond substituents is 1. The van der Waals surface area contributed by atoms with Crippen molar-refractivity contribution in [3.05, 3.63) is 27.3 Å². The molecular weight excluding hydrogens is 302 g/mol. The molecule has 0 saturated heterocycles. The molecule has 1 atom stereocenters. The zero-order chi connectivity index (χ0) is 10.0. The van der Waals surface area contributed by atoms with Gasteiger partial charge in [-0.15, -0.1) is 11.6 Å². The number of hydrogen-bond donors (Lipinski definition) is 1. The molecule has 70 valence electrons. The number of rotatable bonds is 2. The van der Waals surface area contributed by atoms with E-state index in [-0.39, 0.29) is 17.1 Å². The van der Waals surface area contributed by atoms with Crippen molar-refractivity contribution < 1.29 is 9.90 Å². The number of alkyl halides is 1. The molecule has 0 amide bonds. The largest absolute Gasteiger partial charge is 0.507 e. The van der Waals surface area contributed by atoms with Gasteiger partial charge < -0.3 is 5.11 Å². The lowest BCUT2D eigenvalue weighted by atomic mass is 10.1. The normalized spacial score (nSPS) is 12.5. The van der Waals surface area contributed by atoms with Crippen LogP contribution in [0.4, 0.5) is 0 Å². The average Bonchev–Trinajstić information content (AvgIpc) is 2.03. The van der Waals surface area contributed by atoms with Gasteiger partial charge in [0, 0.05) is 3.57 Å². The minimum Gasteiger partial charge on any atom is -0.507 e. The number of aromatic hydroxyl groups is 1. The molecule has 1 aromatic rings. The summed E-state index contributed by atoms with van der Waals surface area (Å²) in [5.74, 6) is -0.264. The Balaban J connectivity index is 3.09. The van der Waals surface area contributed by atoms with Crippen molar-refractivity contribution in [2.24, 2.45) is 0 Å². The molecule has 0 saturated carbocycles. The minimum absolute atomic E-state index is 0.00981. The highest BCUT2D eigenvalue weighted by Crippen LogP contribution is 2.22. The average molecular weight is 311 g/mol. The van der Waals surface area contributed by atoms with Crippen molar-refractivity contribution in [3.63, 3.8) is 0 Å². The van der Waals surface area contributed by atoms with Gasteiger partial charge in [-0.3, -0.25) is 4.79 Å². The van der Waals surface area contributed by atoms with E-state index in [1.807, 2.05) is 0 Å². The molecule has 1 rings (SSSR count). The molecular formula is C9H8ClIO2. The standard InChI is InChI=1S/C9H8ClIO2/c1-5(10)9(13)7-3-2-6(11)4-8(7)12/h2-5,12H,1H3. The van der Waals surface area contributed by atoms with Crippen LogP contribution in [-0.4, -0.2) is 16.3 Å². The smallest absolute Gasteiger partial charge is 0.184 e. The fourth-order valence-electron chi connectivity index (χ4n) is 0.927. The fraction of sp³-hybridized carbons (Fsp3) is 0.222. The summed E-state index contributed by atoms with van der Waals surface area (Å²) >= 11 is 7.67. The van der Waals surface area contributed by atoms with Crippen LogP contribution in [0.25, 0.3) is 0 Å². The first-order valence-corrected chi connectivity index (χ1v) is 5.20. The molecule has 4 heteroatoms. The van der Waals surface area contributed by atoms with Gasteiger partial charge in [-0.05, 0) is 47.7 Å². The number of ketones is 1. The second-order valence-corrected chi connectivity index (χ2v) is 4.54. The van der Waals surface area contributed by atoms with E-state index in [0.717, 1.165) is 3.57 Å². The summed E-state index contributed by atoms with van der Waals surface area (Å²) in [5, 5.41) is 8.82. The van der Waals surface area contributed by atoms with Crippen LogP contribution in [0.2, 0.25) is 0 Å². The predicted octanol–water partition coefficient (Wildman–Crippen LogP) is 2.81. The van der Waals surface area contributed by atoms with E-state index in [1.54, 1.807) is 19.1 Å². The molecule has 1 unspecified atom stereocenters. The van der Waals surface area contributed by atoms with Gasteiger partial charge in [-0.1, -0.05) is 0 Å². The highest BCUT2D eigenvalue weighted by atomic mass is 127. The van der Waals surface area contributed by atoms with Gasteiger partial charge in [-0.2, -0.15) is 0 Å². The Bertz CT molecular complexity index is 336. The first-order chi connectivity index (χ1) is 6.02. The van der Waals surface area contributed by atoms with E-state index >= 15 is 0 Å². The molecule has 0 spiro atoms. The van der Waals surface area contributed by atoms with Crippen LogP contribution in [0.3, 0.4) is 0 Å². The summed E-state index contributed by atoms with van der Waals surface area (Å²) in [4.78, 5) is 11.4. The van der Waals surface area contributed by atoms with E-state index in [2.05, 4.69) is 22.6 Å². The van der Waals surface area contributed by atoms with Gasteiger partial charge >= 0.3 is 0 Å².